The molecule has 0 saturated carbocycles. The van der Waals surface area contributed by atoms with Crippen LogP contribution in [0.3, 0.4) is 0 Å². The predicted molar refractivity (Wildman–Crippen MR) is 127 cm³/mol. The van der Waals surface area contributed by atoms with Gasteiger partial charge in [-0.15, -0.1) is 0 Å². The van der Waals surface area contributed by atoms with E-state index in [9.17, 15) is 0 Å². The van der Waals surface area contributed by atoms with Crippen LogP contribution in [0.15, 0.2) is 47.8 Å². The smallest absolute Gasteiger partial charge is 0.175 e. The summed E-state index contributed by atoms with van der Waals surface area (Å²) in [5.41, 5.74) is 4.71. The van der Waals surface area contributed by atoms with Gasteiger partial charge in [0, 0.05) is 35.5 Å². The molecule has 4 heterocycles. The molecule has 0 spiro atoms. The molecule has 32 heavy (non-hydrogen) atoms. The first-order valence-corrected chi connectivity index (χ1v) is 11.6. The van der Waals surface area contributed by atoms with Crippen LogP contribution >= 0.6 is 11.6 Å². The number of hydrogen-bond acceptors (Lipinski definition) is 7. The van der Waals surface area contributed by atoms with Gasteiger partial charge in [-0.2, -0.15) is 0 Å². The van der Waals surface area contributed by atoms with E-state index >= 15 is 0 Å². The second kappa shape index (κ2) is 9.48. The minimum absolute atomic E-state index is 0.0491. The van der Waals surface area contributed by atoms with E-state index in [0.29, 0.717) is 23.9 Å². The molecule has 2 aliphatic rings. The van der Waals surface area contributed by atoms with Crippen LogP contribution in [0.1, 0.15) is 37.1 Å². The molecule has 0 bridgehead atoms. The van der Waals surface area contributed by atoms with Crippen molar-refractivity contribution in [3.63, 3.8) is 0 Å². The lowest BCUT2D eigenvalue weighted by Crippen LogP contribution is -2.33. The number of rotatable bonds is 7. The molecule has 7 nitrogen and oxygen atoms in total. The van der Waals surface area contributed by atoms with Crippen LogP contribution in [-0.4, -0.2) is 57.8 Å². The lowest BCUT2D eigenvalue weighted by atomic mass is 9.94. The van der Waals surface area contributed by atoms with Crippen molar-refractivity contribution in [2.24, 2.45) is 4.99 Å². The molecule has 1 unspecified atom stereocenters. The largest absolute Gasteiger partial charge is 0.360 e. The van der Waals surface area contributed by atoms with Gasteiger partial charge < -0.3 is 15.0 Å². The van der Waals surface area contributed by atoms with E-state index < -0.39 is 6.23 Å². The first-order valence-electron chi connectivity index (χ1n) is 11.2. The summed E-state index contributed by atoms with van der Waals surface area (Å²) in [6.45, 7) is 5.96. The normalized spacial score (nSPS) is 19.6. The Balaban J connectivity index is 1.36. The number of nitrogens with zero attached hydrogens (tertiary/aromatic N) is 5. The highest BCUT2D eigenvalue weighted by molar-refractivity contribution is 6.31. The first-order chi connectivity index (χ1) is 15.7. The van der Waals surface area contributed by atoms with E-state index in [4.69, 9.17) is 21.3 Å². The molecule has 2 aromatic heterocycles. The first kappa shape index (κ1) is 21.2. The lowest BCUT2D eigenvalue weighted by Gasteiger charge is -2.28. The number of halogens is 1. The van der Waals surface area contributed by atoms with Gasteiger partial charge in [-0.1, -0.05) is 23.7 Å². The number of benzene rings is 1. The van der Waals surface area contributed by atoms with Crippen molar-refractivity contribution >= 4 is 34.2 Å². The standard InChI is InChI=1S/C24H27ClN6O/c1-16(29-23-22-19(27-15-28-23)8-5-9-26-22)20-14-17-6-4-7-18(25)21(17)24(30-20)32-13-12-31-10-2-3-11-31/h4-9,15-16,24H,2-3,10-14H2,1H3,(H,27,28,29)/t16-,24?/m0/s1. The zero-order chi connectivity index (χ0) is 21.9. The Labute approximate surface area is 192 Å². The molecular formula is C24H27ClN6O. The maximum absolute atomic E-state index is 6.56. The molecule has 5 rings (SSSR count). The number of hydrogen-bond donors (Lipinski definition) is 1. The Bertz CT molecular complexity index is 1130. The van der Waals surface area contributed by atoms with Crippen molar-refractivity contribution in [2.45, 2.75) is 38.5 Å². The monoisotopic (exact) mass is 450 g/mol. The van der Waals surface area contributed by atoms with Crippen molar-refractivity contribution in [1.29, 1.82) is 0 Å². The van der Waals surface area contributed by atoms with Crippen LogP contribution in [0.5, 0.6) is 0 Å². The maximum atomic E-state index is 6.56. The molecular weight excluding hydrogens is 424 g/mol. The van der Waals surface area contributed by atoms with Crippen molar-refractivity contribution in [1.82, 2.24) is 19.9 Å². The molecule has 2 atom stereocenters. The molecule has 1 aromatic carbocycles. The van der Waals surface area contributed by atoms with Crippen molar-refractivity contribution < 1.29 is 4.74 Å². The summed E-state index contributed by atoms with van der Waals surface area (Å²) in [6.07, 6.45) is 6.18. The topological polar surface area (TPSA) is 75.5 Å². The number of likely N-dealkylation sites (tertiary alicyclic amines) is 1. The minimum Gasteiger partial charge on any atom is -0.360 e. The van der Waals surface area contributed by atoms with Gasteiger partial charge in [0.2, 0.25) is 0 Å². The number of fused-ring (bicyclic) bond motifs is 2. The summed E-state index contributed by atoms with van der Waals surface area (Å²) >= 11 is 6.56. The van der Waals surface area contributed by atoms with Crippen molar-refractivity contribution in [3.8, 4) is 0 Å². The number of nitrogens with one attached hydrogen (secondary N) is 1. The molecule has 1 fully saturated rings. The summed E-state index contributed by atoms with van der Waals surface area (Å²) < 4.78 is 6.27. The van der Waals surface area contributed by atoms with Gasteiger partial charge in [0.1, 0.15) is 11.8 Å². The number of ether oxygens (including phenoxy) is 1. The summed E-state index contributed by atoms with van der Waals surface area (Å²) in [6, 6.07) is 9.77. The molecule has 8 heteroatoms. The van der Waals surface area contributed by atoms with E-state index in [0.717, 1.165) is 47.5 Å². The van der Waals surface area contributed by atoms with E-state index in [1.807, 2.05) is 24.3 Å². The third-order valence-electron chi connectivity index (χ3n) is 6.17. The Hall–Kier alpha value is -2.61. The highest BCUT2D eigenvalue weighted by atomic mass is 35.5. The van der Waals surface area contributed by atoms with Crippen LogP contribution in [0, 0.1) is 0 Å². The van der Waals surface area contributed by atoms with E-state index in [1.165, 1.54) is 12.8 Å². The molecule has 1 N–H and O–H groups in total. The van der Waals surface area contributed by atoms with Crippen molar-refractivity contribution in [3.05, 3.63) is 59.0 Å². The van der Waals surface area contributed by atoms with Gasteiger partial charge in [-0.05, 0) is 56.6 Å². The molecule has 0 amide bonds. The maximum Gasteiger partial charge on any atom is 0.175 e. The summed E-state index contributed by atoms with van der Waals surface area (Å²) in [4.78, 5) is 20.6. The second-order valence-corrected chi connectivity index (χ2v) is 8.75. The zero-order valence-electron chi connectivity index (χ0n) is 18.2. The molecule has 3 aromatic rings. The van der Waals surface area contributed by atoms with Gasteiger partial charge in [0.25, 0.3) is 0 Å². The SMILES string of the molecule is C[C@H](Nc1ncnc2cccnc12)C1=NC(OCCN2CCCC2)c2c(Cl)cccc2C1. The van der Waals surface area contributed by atoms with Crippen LogP contribution in [-0.2, 0) is 11.2 Å². The van der Waals surface area contributed by atoms with E-state index in [-0.39, 0.29) is 6.04 Å². The fourth-order valence-corrected chi connectivity index (χ4v) is 4.73. The Morgan fingerprint density at radius 1 is 1.16 bits per heavy atom. The summed E-state index contributed by atoms with van der Waals surface area (Å²) in [5.74, 6) is 0.703. The summed E-state index contributed by atoms with van der Waals surface area (Å²) in [7, 11) is 0. The van der Waals surface area contributed by atoms with Crippen LogP contribution in [0.4, 0.5) is 5.82 Å². The molecule has 0 aliphatic carbocycles. The number of aliphatic imine (C=N–C) groups is 1. The van der Waals surface area contributed by atoms with Gasteiger partial charge in [-0.3, -0.25) is 9.98 Å². The Morgan fingerprint density at radius 2 is 2.03 bits per heavy atom. The molecule has 166 valence electrons. The van der Waals surface area contributed by atoms with Crippen molar-refractivity contribution in [2.75, 3.05) is 31.6 Å². The number of pyridine rings is 1. The molecule has 0 radical (unpaired) electrons. The highest BCUT2D eigenvalue weighted by Gasteiger charge is 2.27. The Kier molecular flexibility index (Phi) is 6.30. The van der Waals surface area contributed by atoms with Gasteiger partial charge in [-0.25, -0.2) is 9.97 Å². The highest BCUT2D eigenvalue weighted by Crippen LogP contribution is 2.35. The number of aromatic nitrogens is 3. The third kappa shape index (κ3) is 4.46. The Morgan fingerprint density at radius 3 is 2.91 bits per heavy atom. The molecule has 1 saturated heterocycles. The zero-order valence-corrected chi connectivity index (χ0v) is 18.9. The quantitative estimate of drug-likeness (QED) is 0.578. The lowest BCUT2D eigenvalue weighted by molar-refractivity contribution is 0.0440. The van der Waals surface area contributed by atoms with Gasteiger partial charge in [0.05, 0.1) is 18.2 Å². The van der Waals surface area contributed by atoms with Crippen LogP contribution in [0.25, 0.3) is 11.0 Å². The third-order valence-corrected chi connectivity index (χ3v) is 6.50. The van der Waals surface area contributed by atoms with Gasteiger partial charge >= 0.3 is 0 Å². The van der Waals surface area contributed by atoms with Gasteiger partial charge in [0.15, 0.2) is 12.0 Å². The fourth-order valence-electron chi connectivity index (χ4n) is 4.44. The van der Waals surface area contributed by atoms with E-state index in [1.54, 1.807) is 12.5 Å². The molecule has 2 aliphatic heterocycles. The fraction of sp³-hybridized carbons (Fsp3) is 0.417. The average molecular weight is 451 g/mol. The number of anilines is 1. The van der Waals surface area contributed by atoms with E-state index in [2.05, 4.69) is 38.2 Å². The van der Waals surface area contributed by atoms with Crippen LogP contribution < -0.4 is 5.32 Å². The van der Waals surface area contributed by atoms with Crippen LogP contribution in [0.2, 0.25) is 5.02 Å². The predicted octanol–water partition coefficient (Wildman–Crippen LogP) is 4.29. The average Bonchev–Trinajstić information content (AvgIpc) is 3.33. The second-order valence-electron chi connectivity index (χ2n) is 8.34. The minimum atomic E-state index is -0.394. The summed E-state index contributed by atoms with van der Waals surface area (Å²) in [5, 5.41) is 4.19.